The van der Waals surface area contributed by atoms with Gasteiger partial charge in [0.05, 0.1) is 4.90 Å². The van der Waals surface area contributed by atoms with Crippen LogP contribution in [0.1, 0.15) is 33.6 Å². The van der Waals surface area contributed by atoms with Crippen molar-refractivity contribution in [3.8, 4) is 0 Å². The van der Waals surface area contributed by atoms with Gasteiger partial charge in [0.15, 0.2) is 0 Å². The zero-order valence-corrected chi connectivity index (χ0v) is 19.0. The summed E-state index contributed by atoms with van der Waals surface area (Å²) in [5.41, 5.74) is 2.76. The van der Waals surface area contributed by atoms with Crippen LogP contribution in [0, 0.1) is 20.8 Å². The number of ether oxygens (including phenoxy) is 1. The van der Waals surface area contributed by atoms with E-state index in [0.717, 1.165) is 11.3 Å². The Kier molecular flexibility index (Phi) is 6.92. The molecule has 8 heteroatoms. The van der Waals surface area contributed by atoms with Crippen molar-refractivity contribution in [1.29, 1.82) is 0 Å². The molecule has 0 spiro atoms. The van der Waals surface area contributed by atoms with Crippen LogP contribution in [0.2, 0.25) is 0 Å². The molecule has 0 aliphatic rings. The molecule has 0 atom stereocenters. The van der Waals surface area contributed by atoms with Gasteiger partial charge in [0, 0.05) is 43.9 Å². The first-order valence-electron chi connectivity index (χ1n) is 9.99. The summed E-state index contributed by atoms with van der Waals surface area (Å²) in [4.78, 5) is 17.1. The fourth-order valence-electron chi connectivity index (χ4n) is 3.45. The first-order chi connectivity index (χ1) is 14.8. The molecule has 1 amide bonds. The molecule has 0 bridgehead atoms. The number of pyridine rings is 1. The molecule has 7 nitrogen and oxygen atoms in total. The Hall–Kier alpha value is -2.97. The normalized spacial score (nSPS) is 11.5. The van der Waals surface area contributed by atoms with Gasteiger partial charge in [-0.15, -0.1) is 0 Å². The number of methoxy groups -OCH3 is 1. The number of benzene rings is 1. The highest BCUT2D eigenvalue weighted by Gasteiger charge is 2.30. The molecule has 0 unspecified atom stereocenters. The van der Waals surface area contributed by atoms with Crippen LogP contribution in [0.5, 0.6) is 0 Å². The van der Waals surface area contributed by atoms with E-state index in [1.54, 1.807) is 50.4 Å². The average Bonchev–Trinajstić information content (AvgIpc) is 2.99. The summed E-state index contributed by atoms with van der Waals surface area (Å²) in [5.74, 6) is -0.123. The number of nitrogens with one attached hydrogen (secondary N) is 1. The third-order valence-electron chi connectivity index (χ3n) is 5.28. The van der Waals surface area contributed by atoms with Gasteiger partial charge < -0.3 is 14.6 Å². The van der Waals surface area contributed by atoms with Crippen molar-refractivity contribution in [3.05, 3.63) is 71.2 Å². The van der Waals surface area contributed by atoms with Crippen LogP contribution in [-0.4, -0.2) is 37.6 Å². The number of aromatic nitrogens is 2. The zero-order valence-electron chi connectivity index (χ0n) is 18.2. The number of aryl methyl sites for hydroxylation is 1. The first kappa shape index (κ1) is 22.7. The van der Waals surface area contributed by atoms with Gasteiger partial charge in [0.25, 0.3) is 5.91 Å². The predicted molar refractivity (Wildman–Crippen MR) is 119 cm³/mol. The van der Waals surface area contributed by atoms with Gasteiger partial charge in [-0.3, -0.25) is 9.78 Å². The standard InChI is InChI=1S/C23H27N3O4S/c1-16-6-8-20(9-7-16)31(28,29)21-17(2)18(3)26(14-5-15-30-4)22(21)25-23(27)19-10-12-24-13-11-19/h6-13H,5,14-15H2,1-4H3,(H,25,27). The average molecular weight is 442 g/mol. The zero-order chi connectivity index (χ0) is 22.6. The largest absolute Gasteiger partial charge is 0.385 e. The second-order valence-corrected chi connectivity index (χ2v) is 9.28. The first-order valence-corrected chi connectivity index (χ1v) is 11.5. The number of nitrogens with zero attached hydrogens (tertiary/aromatic N) is 2. The van der Waals surface area contributed by atoms with Gasteiger partial charge >= 0.3 is 0 Å². The molecule has 0 saturated heterocycles. The van der Waals surface area contributed by atoms with Crippen LogP contribution in [0.25, 0.3) is 0 Å². The Morgan fingerprint density at radius 2 is 1.71 bits per heavy atom. The second kappa shape index (κ2) is 9.45. The van der Waals surface area contributed by atoms with Gasteiger partial charge in [-0.1, -0.05) is 17.7 Å². The maximum absolute atomic E-state index is 13.6. The van der Waals surface area contributed by atoms with E-state index in [9.17, 15) is 13.2 Å². The minimum absolute atomic E-state index is 0.119. The lowest BCUT2D eigenvalue weighted by molar-refractivity contribution is 0.102. The molecule has 1 N–H and O–H groups in total. The van der Waals surface area contributed by atoms with Gasteiger partial charge in [-0.05, 0) is 57.0 Å². The number of sulfone groups is 1. The van der Waals surface area contributed by atoms with Crippen molar-refractivity contribution in [2.24, 2.45) is 0 Å². The summed E-state index contributed by atoms with van der Waals surface area (Å²) < 4.78 is 34.2. The van der Waals surface area contributed by atoms with Gasteiger partial charge in [0.1, 0.15) is 10.7 Å². The number of anilines is 1. The van der Waals surface area contributed by atoms with Crippen molar-refractivity contribution in [2.45, 2.75) is 43.5 Å². The molecule has 1 aromatic carbocycles. The molecular weight excluding hydrogens is 414 g/mol. The molecule has 0 aliphatic carbocycles. The predicted octanol–water partition coefficient (Wildman–Crippen LogP) is 3.93. The topological polar surface area (TPSA) is 90.3 Å². The third-order valence-corrected chi connectivity index (χ3v) is 7.21. The van der Waals surface area contributed by atoms with E-state index in [0.29, 0.717) is 30.7 Å². The van der Waals surface area contributed by atoms with Gasteiger partial charge in [-0.2, -0.15) is 0 Å². The van der Waals surface area contributed by atoms with E-state index in [4.69, 9.17) is 4.74 Å². The summed E-state index contributed by atoms with van der Waals surface area (Å²) in [6, 6.07) is 9.88. The smallest absolute Gasteiger partial charge is 0.256 e. The number of hydrogen-bond acceptors (Lipinski definition) is 5. The molecule has 3 rings (SSSR count). The lowest BCUT2D eigenvalue weighted by Crippen LogP contribution is -2.18. The Balaban J connectivity index is 2.14. The van der Waals surface area contributed by atoms with Gasteiger partial charge in [-0.25, -0.2) is 8.42 Å². The van der Waals surface area contributed by atoms with E-state index in [2.05, 4.69) is 10.3 Å². The lowest BCUT2D eigenvalue weighted by Gasteiger charge is -2.14. The fraction of sp³-hybridized carbons (Fsp3) is 0.304. The number of carbonyl (C=O) groups is 1. The molecule has 0 radical (unpaired) electrons. The van der Waals surface area contributed by atoms with E-state index < -0.39 is 15.7 Å². The van der Waals surface area contributed by atoms with Crippen molar-refractivity contribution < 1.29 is 17.9 Å². The molecule has 2 heterocycles. The lowest BCUT2D eigenvalue weighted by atomic mass is 10.2. The summed E-state index contributed by atoms with van der Waals surface area (Å²) in [6.07, 6.45) is 3.72. The van der Waals surface area contributed by atoms with E-state index in [1.807, 2.05) is 18.4 Å². The van der Waals surface area contributed by atoms with Crippen molar-refractivity contribution in [2.75, 3.05) is 19.0 Å². The van der Waals surface area contributed by atoms with Crippen LogP contribution in [0.15, 0.2) is 58.6 Å². The second-order valence-electron chi connectivity index (χ2n) is 7.39. The van der Waals surface area contributed by atoms with E-state index >= 15 is 0 Å². The molecular formula is C23H27N3O4S. The molecule has 3 aromatic rings. The molecule has 164 valence electrons. The molecule has 0 fully saturated rings. The quantitative estimate of drug-likeness (QED) is 0.535. The monoisotopic (exact) mass is 441 g/mol. The van der Waals surface area contributed by atoms with Crippen molar-refractivity contribution >= 4 is 21.6 Å². The van der Waals surface area contributed by atoms with Crippen LogP contribution in [0.3, 0.4) is 0 Å². The Labute approximate surface area is 183 Å². The Morgan fingerprint density at radius 3 is 2.32 bits per heavy atom. The van der Waals surface area contributed by atoms with Gasteiger partial charge in [0.2, 0.25) is 9.84 Å². The highest BCUT2D eigenvalue weighted by atomic mass is 32.2. The van der Waals surface area contributed by atoms with E-state index in [1.165, 1.54) is 12.4 Å². The Morgan fingerprint density at radius 1 is 1.06 bits per heavy atom. The van der Waals surface area contributed by atoms with Crippen LogP contribution in [0.4, 0.5) is 5.82 Å². The number of amides is 1. The molecule has 2 aromatic heterocycles. The molecule has 31 heavy (non-hydrogen) atoms. The SMILES string of the molecule is COCCCn1c(C)c(C)c(S(=O)(=O)c2ccc(C)cc2)c1NC(=O)c1ccncc1. The summed E-state index contributed by atoms with van der Waals surface area (Å²) >= 11 is 0. The fourth-order valence-corrected chi connectivity index (χ4v) is 5.15. The third kappa shape index (κ3) is 4.70. The van der Waals surface area contributed by atoms with Crippen molar-refractivity contribution in [1.82, 2.24) is 9.55 Å². The van der Waals surface area contributed by atoms with Crippen molar-refractivity contribution in [3.63, 3.8) is 0 Å². The van der Waals surface area contributed by atoms with E-state index in [-0.39, 0.29) is 15.6 Å². The minimum Gasteiger partial charge on any atom is -0.385 e. The number of carbonyl (C=O) groups excluding carboxylic acids is 1. The molecule has 0 aliphatic heterocycles. The maximum atomic E-state index is 13.6. The Bertz CT molecular complexity index is 1170. The van der Waals surface area contributed by atoms with Crippen LogP contribution in [-0.2, 0) is 21.1 Å². The van der Waals surface area contributed by atoms with Crippen LogP contribution >= 0.6 is 0 Å². The number of rotatable bonds is 8. The maximum Gasteiger partial charge on any atom is 0.256 e. The summed E-state index contributed by atoms with van der Waals surface area (Å²) in [6.45, 7) is 6.56. The van der Waals surface area contributed by atoms with Crippen LogP contribution < -0.4 is 5.32 Å². The molecule has 0 saturated carbocycles. The number of hydrogen-bond donors (Lipinski definition) is 1. The minimum atomic E-state index is -3.86. The summed E-state index contributed by atoms with van der Waals surface area (Å²) in [5, 5.41) is 2.85. The summed E-state index contributed by atoms with van der Waals surface area (Å²) in [7, 11) is -2.24. The highest BCUT2D eigenvalue weighted by Crippen LogP contribution is 2.35. The highest BCUT2D eigenvalue weighted by molar-refractivity contribution is 7.91.